The van der Waals surface area contributed by atoms with Gasteiger partial charge in [-0.25, -0.2) is 9.78 Å². The normalized spacial score (nSPS) is 12.1. The Bertz CT molecular complexity index is 872. The van der Waals surface area contributed by atoms with Gasteiger partial charge in [-0.2, -0.15) is 0 Å². The Hall–Kier alpha value is -2.89. The van der Waals surface area contributed by atoms with E-state index < -0.39 is 0 Å². The molecule has 0 unspecified atom stereocenters. The first-order valence-electron chi connectivity index (χ1n) is 8.44. The SMILES string of the molecule is CC[C@H](NC(=O)NCc1nc2cc(C)ccc2n1C)c1ccncc1. The fourth-order valence-electron chi connectivity index (χ4n) is 2.90. The lowest BCUT2D eigenvalue weighted by Gasteiger charge is -2.17. The minimum Gasteiger partial charge on any atom is -0.331 e. The third kappa shape index (κ3) is 3.79. The smallest absolute Gasteiger partial charge is 0.315 e. The Balaban J connectivity index is 1.65. The number of hydrogen-bond acceptors (Lipinski definition) is 3. The Morgan fingerprint density at radius 3 is 2.72 bits per heavy atom. The standard InChI is InChI=1S/C19H23N5O/c1-4-15(14-7-9-20-10-8-14)23-19(25)21-12-18-22-16-11-13(2)5-6-17(16)24(18)3/h5-11,15H,4,12H2,1-3H3,(H2,21,23,25)/t15-/m0/s1. The molecule has 0 spiro atoms. The molecule has 3 rings (SSSR count). The molecule has 0 radical (unpaired) electrons. The molecule has 0 saturated heterocycles. The van der Waals surface area contributed by atoms with Gasteiger partial charge in [-0.1, -0.05) is 13.0 Å². The highest BCUT2D eigenvalue weighted by molar-refractivity contribution is 5.77. The first-order valence-corrected chi connectivity index (χ1v) is 8.44. The quantitative estimate of drug-likeness (QED) is 0.751. The number of carbonyl (C=O) groups excluding carboxylic acids is 1. The number of pyridine rings is 1. The van der Waals surface area contributed by atoms with Crippen LogP contribution in [0, 0.1) is 6.92 Å². The van der Waals surface area contributed by atoms with Gasteiger partial charge in [0.05, 0.1) is 23.6 Å². The van der Waals surface area contributed by atoms with Crippen LogP contribution in [0.5, 0.6) is 0 Å². The molecular formula is C19H23N5O. The van der Waals surface area contributed by atoms with E-state index in [1.165, 1.54) is 5.56 Å². The van der Waals surface area contributed by atoms with Crippen LogP contribution in [0.1, 0.15) is 36.3 Å². The van der Waals surface area contributed by atoms with E-state index in [0.29, 0.717) is 6.54 Å². The van der Waals surface area contributed by atoms with Crippen molar-refractivity contribution in [2.75, 3.05) is 0 Å². The molecule has 6 heteroatoms. The number of aromatic nitrogens is 3. The average molecular weight is 337 g/mol. The summed E-state index contributed by atoms with van der Waals surface area (Å²) in [5.74, 6) is 0.827. The third-order valence-corrected chi connectivity index (χ3v) is 4.36. The van der Waals surface area contributed by atoms with Crippen LogP contribution in [0.3, 0.4) is 0 Å². The molecular weight excluding hydrogens is 314 g/mol. The van der Waals surface area contributed by atoms with Gasteiger partial charge in [0.25, 0.3) is 0 Å². The molecule has 2 heterocycles. The molecule has 2 amide bonds. The summed E-state index contributed by atoms with van der Waals surface area (Å²) in [5.41, 5.74) is 4.23. The Morgan fingerprint density at radius 2 is 2.00 bits per heavy atom. The van der Waals surface area contributed by atoms with Gasteiger partial charge in [0.15, 0.2) is 0 Å². The van der Waals surface area contributed by atoms with Crippen molar-refractivity contribution < 1.29 is 4.79 Å². The van der Waals surface area contributed by atoms with Gasteiger partial charge in [-0.05, 0) is 48.7 Å². The number of benzene rings is 1. The van der Waals surface area contributed by atoms with Crippen LogP contribution < -0.4 is 10.6 Å². The summed E-state index contributed by atoms with van der Waals surface area (Å²) in [6.07, 6.45) is 4.28. The van der Waals surface area contributed by atoms with Gasteiger partial charge in [0.1, 0.15) is 5.82 Å². The molecule has 3 aromatic rings. The third-order valence-electron chi connectivity index (χ3n) is 4.36. The summed E-state index contributed by atoms with van der Waals surface area (Å²) in [7, 11) is 1.96. The van der Waals surface area contributed by atoms with Crippen molar-refractivity contribution in [3.8, 4) is 0 Å². The highest BCUT2D eigenvalue weighted by Crippen LogP contribution is 2.17. The number of imidazole rings is 1. The summed E-state index contributed by atoms with van der Waals surface area (Å²) < 4.78 is 2.01. The number of nitrogens with one attached hydrogen (secondary N) is 2. The molecule has 0 aliphatic rings. The summed E-state index contributed by atoms with van der Waals surface area (Å²) in [5, 5.41) is 5.90. The summed E-state index contributed by atoms with van der Waals surface area (Å²) in [6, 6.07) is 9.77. The monoisotopic (exact) mass is 337 g/mol. The fraction of sp³-hybridized carbons (Fsp3) is 0.316. The molecule has 0 saturated carbocycles. The second-order valence-electron chi connectivity index (χ2n) is 6.15. The molecule has 0 bridgehead atoms. The number of fused-ring (bicyclic) bond motifs is 1. The highest BCUT2D eigenvalue weighted by atomic mass is 16.2. The lowest BCUT2D eigenvalue weighted by atomic mass is 10.1. The molecule has 1 atom stereocenters. The summed E-state index contributed by atoms with van der Waals surface area (Å²) in [4.78, 5) is 20.9. The van der Waals surface area contributed by atoms with Crippen molar-refractivity contribution >= 4 is 17.1 Å². The first-order chi connectivity index (χ1) is 12.1. The molecule has 6 nitrogen and oxygen atoms in total. The zero-order chi connectivity index (χ0) is 17.8. The zero-order valence-corrected chi connectivity index (χ0v) is 14.8. The Kier molecular flexibility index (Phi) is 4.97. The Labute approximate surface area is 147 Å². The number of carbonyl (C=O) groups is 1. The van der Waals surface area contributed by atoms with Gasteiger partial charge in [-0.15, -0.1) is 0 Å². The molecule has 1 aromatic carbocycles. The topological polar surface area (TPSA) is 71.8 Å². The van der Waals surface area contributed by atoms with Gasteiger partial charge in [-0.3, -0.25) is 4.98 Å². The second kappa shape index (κ2) is 7.34. The molecule has 25 heavy (non-hydrogen) atoms. The van der Waals surface area contributed by atoms with Crippen molar-refractivity contribution in [3.05, 3.63) is 59.7 Å². The van der Waals surface area contributed by atoms with E-state index in [1.807, 2.05) is 37.6 Å². The molecule has 2 N–H and O–H groups in total. The van der Waals surface area contributed by atoms with Crippen molar-refractivity contribution in [2.24, 2.45) is 7.05 Å². The van der Waals surface area contributed by atoms with Crippen LogP contribution in [0.2, 0.25) is 0 Å². The molecule has 0 aliphatic heterocycles. The number of rotatable bonds is 5. The van der Waals surface area contributed by atoms with E-state index in [9.17, 15) is 4.79 Å². The predicted molar refractivity (Wildman–Crippen MR) is 98.1 cm³/mol. The maximum atomic E-state index is 12.3. The van der Waals surface area contributed by atoms with E-state index in [0.717, 1.165) is 28.8 Å². The average Bonchev–Trinajstić information content (AvgIpc) is 2.93. The van der Waals surface area contributed by atoms with Crippen molar-refractivity contribution in [1.29, 1.82) is 0 Å². The lowest BCUT2D eigenvalue weighted by Crippen LogP contribution is -2.37. The van der Waals surface area contributed by atoms with Gasteiger partial charge in [0.2, 0.25) is 0 Å². The zero-order valence-electron chi connectivity index (χ0n) is 14.8. The maximum Gasteiger partial charge on any atom is 0.315 e. The number of aryl methyl sites for hydroxylation is 2. The fourth-order valence-corrected chi connectivity index (χ4v) is 2.90. The van der Waals surface area contributed by atoms with Crippen LogP contribution in [-0.2, 0) is 13.6 Å². The van der Waals surface area contributed by atoms with E-state index in [-0.39, 0.29) is 12.1 Å². The van der Waals surface area contributed by atoms with Crippen LogP contribution in [0.25, 0.3) is 11.0 Å². The van der Waals surface area contributed by atoms with E-state index >= 15 is 0 Å². The van der Waals surface area contributed by atoms with Crippen molar-refractivity contribution in [3.63, 3.8) is 0 Å². The van der Waals surface area contributed by atoms with E-state index in [1.54, 1.807) is 12.4 Å². The van der Waals surface area contributed by atoms with Crippen LogP contribution in [0.4, 0.5) is 4.79 Å². The lowest BCUT2D eigenvalue weighted by molar-refractivity contribution is 0.236. The van der Waals surface area contributed by atoms with Crippen molar-refractivity contribution in [1.82, 2.24) is 25.2 Å². The van der Waals surface area contributed by atoms with E-state index in [2.05, 4.69) is 38.8 Å². The first kappa shape index (κ1) is 17.0. The van der Waals surface area contributed by atoms with Crippen LogP contribution in [0.15, 0.2) is 42.7 Å². The minimum atomic E-state index is -0.202. The number of nitrogens with zero attached hydrogens (tertiary/aromatic N) is 3. The number of urea groups is 1. The van der Waals surface area contributed by atoms with Crippen LogP contribution >= 0.6 is 0 Å². The van der Waals surface area contributed by atoms with E-state index in [4.69, 9.17) is 0 Å². The van der Waals surface area contributed by atoms with Gasteiger partial charge < -0.3 is 15.2 Å². The van der Waals surface area contributed by atoms with Gasteiger partial charge in [0, 0.05) is 19.4 Å². The summed E-state index contributed by atoms with van der Waals surface area (Å²) >= 11 is 0. The largest absolute Gasteiger partial charge is 0.331 e. The molecule has 0 aliphatic carbocycles. The van der Waals surface area contributed by atoms with Gasteiger partial charge >= 0.3 is 6.03 Å². The molecule has 130 valence electrons. The maximum absolute atomic E-state index is 12.3. The Morgan fingerprint density at radius 1 is 1.24 bits per heavy atom. The predicted octanol–water partition coefficient (Wildman–Crippen LogP) is 3.23. The second-order valence-corrected chi connectivity index (χ2v) is 6.15. The van der Waals surface area contributed by atoms with Crippen LogP contribution in [-0.4, -0.2) is 20.6 Å². The number of amides is 2. The summed E-state index contributed by atoms with van der Waals surface area (Å²) in [6.45, 7) is 4.46. The minimum absolute atomic E-state index is 0.0360. The molecule has 0 fully saturated rings. The highest BCUT2D eigenvalue weighted by Gasteiger charge is 2.13. The molecule has 2 aromatic heterocycles. The van der Waals surface area contributed by atoms with Crippen molar-refractivity contribution in [2.45, 2.75) is 32.9 Å². The number of hydrogen-bond donors (Lipinski definition) is 2.